The van der Waals surface area contributed by atoms with E-state index in [-0.39, 0.29) is 12.4 Å². The van der Waals surface area contributed by atoms with Crippen molar-refractivity contribution in [2.24, 2.45) is 7.05 Å². The van der Waals surface area contributed by atoms with Crippen molar-refractivity contribution in [3.8, 4) is 22.6 Å². The Hall–Kier alpha value is -4.15. The second kappa shape index (κ2) is 8.65. The quantitative estimate of drug-likeness (QED) is 0.439. The van der Waals surface area contributed by atoms with Crippen molar-refractivity contribution in [3.05, 3.63) is 98.3 Å². The Morgan fingerprint density at radius 3 is 2.41 bits per heavy atom. The molecule has 0 saturated carbocycles. The normalized spacial score (nSPS) is 11.6. The van der Waals surface area contributed by atoms with E-state index < -0.39 is 40.3 Å². The van der Waals surface area contributed by atoms with Crippen molar-refractivity contribution in [2.45, 2.75) is 19.6 Å². The van der Waals surface area contributed by atoms with Gasteiger partial charge in [-0.1, -0.05) is 35.9 Å². The number of benzene rings is 2. The fourth-order valence-corrected chi connectivity index (χ4v) is 3.37. The summed E-state index contributed by atoms with van der Waals surface area (Å²) in [6.45, 7) is 1.56. The number of hydrogen-bond acceptors (Lipinski definition) is 4. The van der Waals surface area contributed by atoms with E-state index in [1.165, 1.54) is 19.2 Å². The molecule has 0 amide bonds. The van der Waals surface area contributed by atoms with Crippen LogP contribution in [0.3, 0.4) is 0 Å². The zero-order valence-corrected chi connectivity index (χ0v) is 18.0. The fraction of sp³-hybridized carbons (Fsp3) is 0.174. The molecule has 1 N–H and O–H groups in total. The van der Waals surface area contributed by atoms with E-state index >= 15 is 0 Å². The summed E-state index contributed by atoms with van der Waals surface area (Å²) in [6, 6.07) is 11.7. The van der Waals surface area contributed by atoms with Gasteiger partial charge < -0.3 is 9.30 Å². The van der Waals surface area contributed by atoms with Crippen LogP contribution in [0.2, 0.25) is 0 Å². The molecule has 0 bridgehead atoms. The highest BCUT2D eigenvalue weighted by molar-refractivity contribution is 5.65. The number of halogens is 4. The zero-order valence-electron chi connectivity index (χ0n) is 18.0. The third kappa shape index (κ3) is 4.49. The van der Waals surface area contributed by atoms with Gasteiger partial charge in [-0.2, -0.15) is 18.3 Å². The molecule has 11 heteroatoms. The third-order valence-electron chi connectivity index (χ3n) is 5.21. The molecule has 0 radical (unpaired) electrons. The van der Waals surface area contributed by atoms with Gasteiger partial charge in [-0.3, -0.25) is 9.36 Å². The average molecular weight is 474 g/mol. The van der Waals surface area contributed by atoms with Gasteiger partial charge in [0.2, 0.25) is 5.75 Å². The minimum Gasteiger partial charge on any atom is -0.448 e. The van der Waals surface area contributed by atoms with Crippen LogP contribution in [0.15, 0.2) is 64.3 Å². The number of pyridine rings is 1. The number of nitrogens with one attached hydrogen (secondary N) is 1. The smallest absolute Gasteiger partial charge is 0.420 e. The summed E-state index contributed by atoms with van der Waals surface area (Å²) in [7, 11) is 1.39. The minimum absolute atomic E-state index is 0.103. The predicted octanol–water partition coefficient (Wildman–Crippen LogP) is 4.24. The van der Waals surface area contributed by atoms with E-state index in [0.717, 1.165) is 27.0 Å². The second-order valence-electron chi connectivity index (χ2n) is 7.61. The van der Waals surface area contributed by atoms with Crippen LogP contribution in [0.1, 0.15) is 17.0 Å². The van der Waals surface area contributed by atoms with E-state index in [9.17, 15) is 27.2 Å². The number of hydrogen-bond donors (Lipinski definition) is 1. The molecule has 7 nitrogen and oxygen atoms in total. The summed E-state index contributed by atoms with van der Waals surface area (Å²) in [4.78, 5) is 24.4. The van der Waals surface area contributed by atoms with E-state index in [0.29, 0.717) is 17.2 Å². The second-order valence-corrected chi connectivity index (χ2v) is 7.61. The lowest BCUT2D eigenvalue weighted by molar-refractivity contribution is -0.138. The first-order valence-corrected chi connectivity index (χ1v) is 10.00. The Bertz CT molecular complexity index is 1480. The van der Waals surface area contributed by atoms with Gasteiger partial charge in [0.1, 0.15) is 5.56 Å². The van der Waals surface area contributed by atoms with Crippen molar-refractivity contribution in [1.82, 2.24) is 19.3 Å². The molecule has 0 fully saturated rings. The molecular formula is C23H18F4N4O3. The molecule has 176 valence electrons. The predicted molar refractivity (Wildman–Crippen MR) is 115 cm³/mol. The van der Waals surface area contributed by atoms with Crippen molar-refractivity contribution >= 4 is 0 Å². The number of aromatic nitrogens is 4. The van der Waals surface area contributed by atoms with Crippen LogP contribution in [0, 0.1) is 12.7 Å². The number of nitrogens with zero attached hydrogens (tertiary/aromatic N) is 3. The first-order valence-electron chi connectivity index (χ1n) is 10.00. The maximum absolute atomic E-state index is 14.8. The van der Waals surface area contributed by atoms with Gasteiger partial charge in [0.05, 0.1) is 6.54 Å². The van der Waals surface area contributed by atoms with Crippen molar-refractivity contribution in [1.29, 1.82) is 0 Å². The lowest BCUT2D eigenvalue weighted by atomic mass is 10.0. The standard InChI is InChI=1S/C23H18F4N4O3/c1-13-4-3-5-14(10-13)15-6-7-18(17(24)11-15)34-20-16(23(25,26)27)8-9-31(21(20)32)12-19-28-29-22(33)30(19)2/h3-11H,12H2,1-2H3,(H,29,33). The minimum atomic E-state index is -4.93. The van der Waals surface area contributed by atoms with Crippen LogP contribution in [0.25, 0.3) is 11.1 Å². The van der Waals surface area contributed by atoms with Crippen molar-refractivity contribution < 1.29 is 22.3 Å². The number of H-pyrrole nitrogens is 1. The highest BCUT2D eigenvalue weighted by Gasteiger charge is 2.37. The van der Waals surface area contributed by atoms with Crippen LogP contribution in [0.5, 0.6) is 11.5 Å². The molecule has 4 aromatic rings. The number of alkyl halides is 3. The number of aromatic amines is 1. The molecule has 0 aliphatic heterocycles. The van der Waals surface area contributed by atoms with E-state index in [4.69, 9.17) is 4.74 Å². The van der Waals surface area contributed by atoms with Gasteiger partial charge in [-0.25, -0.2) is 14.3 Å². The molecule has 0 saturated heterocycles. The molecular weight excluding hydrogens is 456 g/mol. The lowest BCUT2D eigenvalue weighted by Crippen LogP contribution is -2.26. The molecule has 0 atom stereocenters. The molecule has 0 unspecified atom stereocenters. The van der Waals surface area contributed by atoms with Gasteiger partial charge in [0, 0.05) is 13.2 Å². The van der Waals surface area contributed by atoms with Crippen molar-refractivity contribution in [3.63, 3.8) is 0 Å². The van der Waals surface area contributed by atoms with Crippen molar-refractivity contribution in [2.75, 3.05) is 0 Å². The van der Waals surface area contributed by atoms with E-state index in [1.54, 1.807) is 12.1 Å². The summed E-state index contributed by atoms with van der Waals surface area (Å²) >= 11 is 0. The first-order chi connectivity index (χ1) is 16.0. The highest BCUT2D eigenvalue weighted by Crippen LogP contribution is 2.37. The number of rotatable bonds is 5. The monoisotopic (exact) mass is 474 g/mol. The fourth-order valence-electron chi connectivity index (χ4n) is 3.37. The Kier molecular flexibility index (Phi) is 5.86. The van der Waals surface area contributed by atoms with Gasteiger partial charge >= 0.3 is 11.9 Å². The molecule has 2 aromatic heterocycles. The Morgan fingerprint density at radius 2 is 1.79 bits per heavy atom. The van der Waals surface area contributed by atoms with Gasteiger partial charge in [-0.15, -0.1) is 0 Å². The Balaban J connectivity index is 1.74. The Labute approximate surface area is 189 Å². The molecule has 2 aromatic carbocycles. The van der Waals surface area contributed by atoms with Gasteiger partial charge in [-0.05, 0) is 36.2 Å². The third-order valence-corrected chi connectivity index (χ3v) is 5.21. The summed E-state index contributed by atoms with van der Waals surface area (Å²) in [5.41, 5.74) is -0.906. The Morgan fingerprint density at radius 1 is 1.06 bits per heavy atom. The maximum Gasteiger partial charge on any atom is 0.420 e. The summed E-state index contributed by atoms with van der Waals surface area (Å²) in [5, 5.41) is 5.92. The molecule has 0 spiro atoms. The molecule has 34 heavy (non-hydrogen) atoms. The number of aryl methyl sites for hydroxylation is 1. The van der Waals surface area contributed by atoms with Crippen LogP contribution < -0.4 is 16.0 Å². The summed E-state index contributed by atoms with van der Waals surface area (Å²) in [5.74, 6) is -2.45. The van der Waals surface area contributed by atoms with E-state index in [2.05, 4.69) is 10.2 Å². The number of ether oxygens (including phenoxy) is 1. The molecule has 4 rings (SSSR count). The summed E-state index contributed by atoms with van der Waals surface area (Å²) in [6.07, 6.45) is -4.01. The topological polar surface area (TPSA) is 81.9 Å². The lowest BCUT2D eigenvalue weighted by Gasteiger charge is -2.16. The molecule has 2 heterocycles. The highest BCUT2D eigenvalue weighted by atomic mass is 19.4. The van der Waals surface area contributed by atoms with Gasteiger partial charge in [0.25, 0.3) is 5.56 Å². The summed E-state index contributed by atoms with van der Waals surface area (Å²) < 4.78 is 62.8. The van der Waals surface area contributed by atoms with Gasteiger partial charge in [0.15, 0.2) is 17.4 Å². The first kappa shape index (κ1) is 23.0. The zero-order chi connectivity index (χ0) is 24.6. The largest absolute Gasteiger partial charge is 0.448 e. The molecule has 0 aliphatic rings. The maximum atomic E-state index is 14.8. The SMILES string of the molecule is Cc1cccc(-c2ccc(Oc3c(C(F)(F)F)ccn(Cc4n[nH]c(=O)n4C)c3=O)c(F)c2)c1. The molecule has 0 aliphatic carbocycles. The average Bonchev–Trinajstić information content (AvgIpc) is 3.09. The van der Waals surface area contributed by atoms with E-state index in [1.807, 2.05) is 19.1 Å². The van der Waals surface area contributed by atoms with Crippen LogP contribution in [0.4, 0.5) is 17.6 Å². The van der Waals surface area contributed by atoms with Crippen LogP contribution in [-0.4, -0.2) is 19.3 Å². The van der Waals surface area contributed by atoms with Crippen LogP contribution in [-0.2, 0) is 19.8 Å². The van der Waals surface area contributed by atoms with Crippen LogP contribution >= 0.6 is 0 Å².